The van der Waals surface area contributed by atoms with Crippen LogP contribution < -0.4 is 5.32 Å². The monoisotopic (exact) mass is 349 g/mol. The number of carbonyl (C=O) groups excluding carboxylic acids is 1. The molecule has 1 aromatic rings. The molecule has 4 fully saturated rings. The highest BCUT2D eigenvalue weighted by molar-refractivity contribution is 6.31. The summed E-state index contributed by atoms with van der Waals surface area (Å²) in [7, 11) is 0. The zero-order chi connectivity index (χ0) is 17.1. The van der Waals surface area contributed by atoms with E-state index in [1.807, 2.05) is 20.8 Å². The predicted octanol–water partition coefficient (Wildman–Crippen LogP) is 4.05. The quantitative estimate of drug-likeness (QED) is 0.891. The summed E-state index contributed by atoms with van der Waals surface area (Å²) in [6, 6.07) is -0.315. The molecule has 132 valence electrons. The van der Waals surface area contributed by atoms with E-state index < -0.39 is 0 Å². The van der Waals surface area contributed by atoms with Gasteiger partial charge in [-0.25, -0.2) is 0 Å². The number of nitrogens with zero attached hydrogens (tertiary/aromatic N) is 2. The van der Waals surface area contributed by atoms with Crippen molar-refractivity contribution in [2.75, 3.05) is 6.54 Å². The molecule has 0 saturated heterocycles. The standard InChI is InChI=1S/C19H28ClN3O/c1-11-17(20)12(2)23(22-11)13(3)18(24)21-10-19-7-14-4-15(8-19)6-16(5-14)9-19/h13-16H,4-10H2,1-3H3,(H,21,24). The number of hydrogen-bond acceptors (Lipinski definition) is 2. The molecule has 4 saturated carbocycles. The average molecular weight is 350 g/mol. The van der Waals surface area contributed by atoms with Crippen LogP contribution in [0.5, 0.6) is 0 Å². The van der Waals surface area contributed by atoms with Crippen molar-refractivity contribution < 1.29 is 4.79 Å². The maximum atomic E-state index is 12.7. The summed E-state index contributed by atoms with van der Waals surface area (Å²) < 4.78 is 1.76. The minimum atomic E-state index is -0.315. The fraction of sp³-hybridized carbons (Fsp3) is 0.789. The lowest BCUT2D eigenvalue weighted by Gasteiger charge is -2.57. The molecule has 0 aromatic carbocycles. The third kappa shape index (κ3) is 2.67. The summed E-state index contributed by atoms with van der Waals surface area (Å²) in [4.78, 5) is 12.7. The normalized spacial score (nSPS) is 35.2. The van der Waals surface area contributed by atoms with Gasteiger partial charge in [0.2, 0.25) is 5.91 Å². The first-order chi connectivity index (χ1) is 11.4. The SMILES string of the molecule is Cc1nn(C(C)C(=O)NCC23CC4CC(CC(C4)C2)C3)c(C)c1Cl. The number of carbonyl (C=O) groups is 1. The maximum Gasteiger partial charge on any atom is 0.244 e. The Labute approximate surface area is 149 Å². The van der Waals surface area contributed by atoms with Gasteiger partial charge in [0, 0.05) is 6.54 Å². The van der Waals surface area contributed by atoms with E-state index >= 15 is 0 Å². The van der Waals surface area contributed by atoms with Crippen molar-refractivity contribution in [2.45, 2.75) is 65.3 Å². The van der Waals surface area contributed by atoms with Gasteiger partial charge >= 0.3 is 0 Å². The fourth-order valence-corrected chi connectivity index (χ4v) is 6.18. The Morgan fingerprint density at radius 3 is 2.25 bits per heavy atom. The molecule has 0 radical (unpaired) electrons. The fourth-order valence-electron chi connectivity index (χ4n) is 6.06. The second-order valence-electron chi connectivity index (χ2n) is 8.74. The number of aromatic nitrogens is 2. The summed E-state index contributed by atoms with van der Waals surface area (Å²) in [6.07, 6.45) is 8.27. The lowest BCUT2D eigenvalue weighted by molar-refractivity contribution is -0.126. The zero-order valence-corrected chi connectivity index (χ0v) is 15.7. The molecule has 1 heterocycles. The highest BCUT2D eigenvalue weighted by atomic mass is 35.5. The van der Waals surface area contributed by atoms with E-state index in [2.05, 4.69) is 10.4 Å². The molecule has 1 amide bonds. The smallest absolute Gasteiger partial charge is 0.244 e. The Kier molecular flexibility index (Phi) is 3.94. The van der Waals surface area contributed by atoms with Gasteiger partial charge in [0.25, 0.3) is 0 Å². The van der Waals surface area contributed by atoms with Gasteiger partial charge in [-0.1, -0.05) is 11.6 Å². The first-order valence-electron chi connectivity index (χ1n) is 9.36. The van der Waals surface area contributed by atoms with Gasteiger partial charge in [0.1, 0.15) is 6.04 Å². The molecule has 0 aliphatic heterocycles. The maximum absolute atomic E-state index is 12.7. The second-order valence-corrected chi connectivity index (χ2v) is 9.12. The largest absolute Gasteiger partial charge is 0.354 e. The van der Waals surface area contributed by atoms with E-state index in [4.69, 9.17) is 11.6 Å². The Hall–Kier alpha value is -1.03. The van der Waals surface area contributed by atoms with Crippen LogP contribution in [0.15, 0.2) is 0 Å². The van der Waals surface area contributed by atoms with Crippen molar-refractivity contribution in [3.63, 3.8) is 0 Å². The highest BCUT2D eigenvalue weighted by Crippen LogP contribution is 2.59. The second kappa shape index (κ2) is 5.76. The Morgan fingerprint density at radius 1 is 1.25 bits per heavy atom. The van der Waals surface area contributed by atoms with Gasteiger partial charge in [-0.05, 0) is 82.5 Å². The number of halogens is 1. The molecular weight excluding hydrogens is 322 g/mol. The molecule has 4 bridgehead atoms. The van der Waals surface area contributed by atoms with E-state index in [1.165, 1.54) is 38.5 Å². The molecule has 1 atom stereocenters. The van der Waals surface area contributed by atoms with Crippen molar-refractivity contribution in [3.05, 3.63) is 16.4 Å². The van der Waals surface area contributed by atoms with E-state index in [0.717, 1.165) is 35.7 Å². The van der Waals surface area contributed by atoms with Crippen LogP contribution in [-0.4, -0.2) is 22.2 Å². The van der Waals surface area contributed by atoms with E-state index in [-0.39, 0.29) is 11.9 Å². The molecule has 5 rings (SSSR count). The number of nitrogens with one attached hydrogen (secondary N) is 1. The third-order valence-electron chi connectivity index (χ3n) is 6.79. The van der Waals surface area contributed by atoms with Gasteiger partial charge in [0.15, 0.2) is 0 Å². The van der Waals surface area contributed by atoms with Crippen molar-refractivity contribution in [2.24, 2.45) is 23.2 Å². The van der Waals surface area contributed by atoms with Crippen LogP contribution in [-0.2, 0) is 4.79 Å². The van der Waals surface area contributed by atoms with Gasteiger partial charge in [-0.2, -0.15) is 5.10 Å². The van der Waals surface area contributed by atoms with Crippen molar-refractivity contribution in [1.29, 1.82) is 0 Å². The molecule has 4 nitrogen and oxygen atoms in total. The van der Waals surface area contributed by atoms with Gasteiger partial charge < -0.3 is 5.32 Å². The Bertz CT molecular complexity index is 631. The summed E-state index contributed by atoms with van der Waals surface area (Å²) in [6.45, 7) is 6.55. The van der Waals surface area contributed by atoms with Crippen LogP contribution in [0.1, 0.15) is 62.9 Å². The summed E-state index contributed by atoms with van der Waals surface area (Å²) in [5, 5.41) is 8.34. The molecule has 1 aromatic heterocycles. The van der Waals surface area contributed by atoms with E-state index in [9.17, 15) is 4.79 Å². The van der Waals surface area contributed by atoms with Crippen LogP contribution in [0.3, 0.4) is 0 Å². The van der Waals surface area contributed by atoms with Crippen LogP contribution in [0.4, 0.5) is 0 Å². The molecule has 5 heteroatoms. The highest BCUT2D eigenvalue weighted by Gasteiger charge is 2.50. The lowest BCUT2D eigenvalue weighted by Crippen LogP contribution is -2.51. The Morgan fingerprint density at radius 2 is 1.79 bits per heavy atom. The first-order valence-corrected chi connectivity index (χ1v) is 9.73. The molecule has 4 aliphatic rings. The van der Waals surface area contributed by atoms with Crippen LogP contribution >= 0.6 is 11.6 Å². The predicted molar refractivity (Wildman–Crippen MR) is 95.0 cm³/mol. The topological polar surface area (TPSA) is 46.9 Å². The lowest BCUT2D eigenvalue weighted by atomic mass is 9.49. The van der Waals surface area contributed by atoms with Gasteiger partial charge in [0.05, 0.1) is 16.4 Å². The Balaban J connectivity index is 1.42. The molecule has 24 heavy (non-hydrogen) atoms. The zero-order valence-electron chi connectivity index (χ0n) is 14.9. The van der Waals surface area contributed by atoms with E-state index in [1.54, 1.807) is 4.68 Å². The molecule has 0 spiro atoms. The van der Waals surface area contributed by atoms with Gasteiger partial charge in [-0.15, -0.1) is 0 Å². The number of hydrogen-bond donors (Lipinski definition) is 1. The van der Waals surface area contributed by atoms with Crippen molar-refractivity contribution in [3.8, 4) is 0 Å². The summed E-state index contributed by atoms with van der Waals surface area (Å²) >= 11 is 6.22. The minimum Gasteiger partial charge on any atom is -0.354 e. The number of rotatable bonds is 4. The first kappa shape index (κ1) is 16.4. The van der Waals surface area contributed by atoms with Crippen LogP contribution in [0, 0.1) is 37.0 Å². The number of amides is 1. The summed E-state index contributed by atoms with van der Waals surface area (Å²) in [5.74, 6) is 2.81. The average Bonchev–Trinajstić information content (AvgIpc) is 2.78. The molecular formula is C19H28ClN3O. The summed E-state index contributed by atoms with van der Waals surface area (Å²) in [5.41, 5.74) is 2.03. The molecule has 4 aliphatic carbocycles. The third-order valence-corrected chi connectivity index (χ3v) is 7.33. The van der Waals surface area contributed by atoms with Crippen molar-refractivity contribution in [1.82, 2.24) is 15.1 Å². The van der Waals surface area contributed by atoms with Crippen LogP contribution in [0.2, 0.25) is 5.02 Å². The molecule has 1 unspecified atom stereocenters. The van der Waals surface area contributed by atoms with Crippen molar-refractivity contribution >= 4 is 17.5 Å². The van der Waals surface area contributed by atoms with E-state index in [0.29, 0.717) is 10.4 Å². The molecule has 1 N–H and O–H groups in total. The number of aryl methyl sites for hydroxylation is 1. The van der Waals surface area contributed by atoms with Crippen LogP contribution in [0.25, 0.3) is 0 Å². The van der Waals surface area contributed by atoms with Gasteiger partial charge in [-0.3, -0.25) is 9.48 Å². The minimum absolute atomic E-state index is 0.0630.